The van der Waals surface area contributed by atoms with Gasteiger partial charge < -0.3 is 33.8 Å². The topological polar surface area (TPSA) is 237 Å². The molecule has 5 atom stereocenters. The third-order valence-electron chi connectivity index (χ3n) is 17.1. The van der Waals surface area contributed by atoms with E-state index < -0.39 is 97.5 Å². The van der Waals surface area contributed by atoms with Crippen molar-refractivity contribution in [1.29, 1.82) is 0 Å². The highest BCUT2D eigenvalue weighted by molar-refractivity contribution is 7.47. The highest BCUT2D eigenvalue weighted by Crippen LogP contribution is 2.45. The zero-order valence-electron chi connectivity index (χ0n) is 63.6. The maximum absolute atomic E-state index is 13.1. The number of carbonyl (C=O) groups is 4. The van der Waals surface area contributed by atoms with E-state index in [-0.39, 0.29) is 25.7 Å². The summed E-state index contributed by atoms with van der Waals surface area (Å²) in [6.45, 7) is 4.81. The first-order valence-corrected chi connectivity index (χ1v) is 43.2. The fourth-order valence-electron chi connectivity index (χ4n) is 11.0. The zero-order valence-corrected chi connectivity index (χ0v) is 65.4. The van der Waals surface area contributed by atoms with E-state index >= 15 is 0 Å². The number of esters is 4. The van der Waals surface area contributed by atoms with Crippen molar-refractivity contribution in [1.82, 2.24) is 0 Å². The summed E-state index contributed by atoms with van der Waals surface area (Å²) in [5.74, 6) is -2.22. The van der Waals surface area contributed by atoms with E-state index in [4.69, 9.17) is 37.0 Å². The molecule has 0 amide bonds. The molecule has 0 bridgehead atoms. The molecule has 0 fully saturated rings. The number of aliphatic hydroxyl groups excluding tert-OH is 1. The molecule has 0 aromatic rings. The number of hydrogen-bond acceptors (Lipinski definition) is 15. The van der Waals surface area contributed by atoms with Crippen LogP contribution in [0.3, 0.4) is 0 Å². The summed E-state index contributed by atoms with van der Waals surface area (Å²) in [6.07, 6.45) is 74.5. The van der Waals surface area contributed by atoms with Crippen LogP contribution >= 0.6 is 15.6 Å². The molecule has 0 radical (unpaired) electrons. The van der Waals surface area contributed by atoms with Gasteiger partial charge in [0.15, 0.2) is 12.2 Å². The lowest BCUT2D eigenvalue weighted by Gasteiger charge is -2.21. The summed E-state index contributed by atoms with van der Waals surface area (Å²) >= 11 is 0. The molecule has 19 heteroatoms. The lowest BCUT2D eigenvalue weighted by atomic mass is 10.0. The molecule has 0 aromatic carbocycles. The van der Waals surface area contributed by atoms with Crippen molar-refractivity contribution in [2.45, 2.75) is 380 Å². The quantitative estimate of drug-likeness (QED) is 0.0169. The van der Waals surface area contributed by atoms with Crippen LogP contribution in [-0.4, -0.2) is 96.7 Å². The number of phosphoric ester groups is 2. The van der Waals surface area contributed by atoms with E-state index in [1.165, 1.54) is 135 Å². The summed E-state index contributed by atoms with van der Waals surface area (Å²) in [7, 11) is -9.96. The lowest BCUT2D eigenvalue weighted by molar-refractivity contribution is -0.161. The van der Waals surface area contributed by atoms with Gasteiger partial charge in [-0.3, -0.25) is 37.3 Å². The molecule has 0 saturated heterocycles. The smallest absolute Gasteiger partial charge is 0.462 e. The van der Waals surface area contributed by atoms with Crippen LogP contribution in [0.4, 0.5) is 0 Å². The van der Waals surface area contributed by atoms with Crippen LogP contribution in [0.5, 0.6) is 0 Å². The molecule has 0 aliphatic heterocycles. The second kappa shape index (κ2) is 73.8. The van der Waals surface area contributed by atoms with Crippen molar-refractivity contribution in [3.63, 3.8) is 0 Å². The van der Waals surface area contributed by atoms with Gasteiger partial charge in [-0.1, -0.05) is 293 Å². The van der Waals surface area contributed by atoms with Crippen LogP contribution in [0.2, 0.25) is 0 Å². The molecule has 0 heterocycles. The third kappa shape index (κ3) is 72.8. The molecule has 100 heavy (non-hydrogen) atoms. The summed E-state index contributed by atoms with van der Waals surface area (Å²) in [6, 6.07) is 0. The first-order chi connectivity index (χ1) is 48.7. The van der Waals surface area contributed by atoms with Gasteiger partial charge in [0.1, 0.15) is 19.3 Å². The third-order valence-corrected chi connectivity index (χ3v) is 19.0. The number of hydrogen-bond donors (Lipinski definition) is 3. The summed E-state index contributed by atoms with van der Waals surface area (Å²) in [5.41, 5.74) is 0. The Kier molecular flexibility index (Phi) is 71.2. The molecule has 2 unspecified atom stereocenters. The van der Waals surface area contributed by atoms with Crippen LogP contribution in [0.1, 0.15) is 362 Å². The largest absolute Gasteiger partial charge is 0.472 e. The Bertz CT molecular complexity index is 2180. The van der Waals surface area contributed by atoms with Crippen molar-refractivity contribution in [3.8, 4) is 0 Å². The maximum Gasteiger partial charge on any atom is 0.472 e. The molecular weight excluding hydrogens is 1310 g/mol. The van der Waals surface area contributed by atoms with Crippen molar-refractivity contribution in [3.05, 3.63) is 72.9 Å². The highest BCUT2D eigenvalue weighted by Gasteiger charge is 2.30. The Morgan fingerprint density at radius 1 is 0.280 bits per heavy atom. The molecule has 0 spiro atoms. The SMILES string of the molecule is CCCCC/C=C\C/C=C\C/C=C\C/C=C\CCCC(=O)OC[C@H](COP(=O)(O)OC[C@@H](O)COP(=O)(O)OC[C@@H](COC(=O)CCCCCCC/C=C\CCCCCCCC)OC(=O)CCCCCCCCCCCCCCC)OC(=O)CCCCCCCCC/C=C\CCCCCC. The average Bonchev–Trinajstić information content (AvgIpc) is 1.06. The minimum absolute atomic E-state index is 0.0809. The van der Waals surface area contributed by atoms with E-state index in [1.807, 2.05) is 12.2 Å². The van der Waals surface area contributed by atoms with Gasteiger partial charge in [-0.05, 0) is 116 Å². The minimum Gasteiger partial charge on any atom is -0.462 e. The average molecular weight is 1450 g/mol. The Labute approximate surface area is 609 Å². The molecule has 0 aromatic heterocycles. The van der Waals surface area contributed by atoms with E-state index in [0.29, 0.717) is 32.1 Å². The van der Waals surface area contributed by atoms with Gasteiger partial charge in [0.25, 0.3) is 0 Å². The molecular formula is C81H146O17P2. The van der Waals surface area contributed by atoms with Gasteiger partial charge in [0, 0.05) is 25.7 Å². The molecule has 0 rings (SSSR count). The monoisotopic (exact) mass is 1450 g/mol. The Balaban J connectivity index is 5.37. The molecule has 0 saturated carbocycles. The van der Waals surface area contributed by atoms with E-state index in [2.05, 4.69) is 88.5 Å². The number of rotatable bonds is 76. The van der Waals surface area contributed by atoms with E-state index in [1.54, 1.807) is 0 Å². The Hall–Kier alpha value is -3.50. The summed E-state index contributed by atoms with van der Waals surface area (Å²) in [4.78, 5) is 72.9. The highest BCUT2D eigenvalue weighted by atomic mass is 31.2. The van der Waals surface area contributed by atoms with Gasteiger partial charge >= 0.3 is 39.5 Å². The van der Waals surface area contributed by atoms with Crippen molar-refractivity contribution in [2.24, 2.45) is 0 Å². The van der Waals surface area contributed by atoms with Gasteiger partial charge in [-0.2, -0.15) is 0 Å². The van der Waals surface area contributed by atoms with Gasteiger partial charge in [-0.15, -0.1) is 0 Å². The fourth-order valence-corrected chi connectivity index (χ4v) is 12.5. The number of ether oxygens (including phenoxy) is 4. The van der Waals surface area contributed by atoms with Gasteiger partial charge in [-0.25, -0.2) is 9.13 Å². The summed E-state index contributed by atoms with van der Waals surface area (Å²) < 4.78 is 68.5. The first-order valence-electron chi connectivity index (χ1n) is 40.2. The number of unbranched alkanes of at least 4 members (excludes halogenated alkanes) is 38. The minimum atomic E-state index is -4.98. The van der Waals surface area contributed by atoms with Crippen molar-refractivity contribution >= 4 is 39.5 Å². The van der Waals surface area contributed by atoms with E-state index in [9.17, 15) is 43.2 Å². The Morgan fingerprint density at radius 3 is 0.830 bits per heavy atom. The fraction of sp³-hybridized carbons (Fsp3) is 0.802. The number of allylic oxidation sites excluding steroid dienone is 12. The summed E-state index contributed by atoms with van der Waals surface area (Å²) in [5, 5.41) is 10.6. The normalized spacial score (nSPS) is 14.3. The standard InChI is InChI=1S/C81H146O17P2/c1-5-9-13-17-21-25-29-33-36-37-40-43-46-50-54-58-62-66-79(84)92-72-77(98-81(86)68-64-60-56-52-48-44-39-35-31-27-23-19-15-11-7-3)74-96-100(89,90)94-70-75(82)69-93-99(87,88)95-73-76(97-80(85)67-63-59-55-51-47-41-32-28-24-20-16-12-8-4)71-91-78(83)65-61-57-53-49-45-42-38-34-30-26-22-18-14-10-6-2/h21,25,27,31,33-34,36,38,40,43,50,54,75-77,82H,5-20,22-24,26,28-30,32,35,37,39,41-42,44-49,51-53,55-74H2,1-4H3,(H,87,88)(H,89,90)/b25-21-,31-27-,36-33-,38-34-,43-40-,54-50-/t75-,76+,77+/m0/s1. The molecule has 582 valence electrons. The van der Waals surface area contributed by atoms with Crippen LogP contribution < -0.4 is 0 Å². The van der Waals surface area contributed by atoms with Crippen molar-refractivity contribution in [2.75, 3.05) is 39.6 Å². The second-order valence-corrected chi connectivity index (χ2v) is 29.9. The van der Waals surface area contributed by atoms with Crippen molar-refractivity contribution < 1.29 is 80.2 Å². The predicted molar refractivity (Wildman–Crippen MR) is 409 cm³/mol. The van der Waals surface area contributed by atoms with Crippen LogP contribution in [0.15, 0.2) is 72.9 Å². The lowest BCUT2D eigenvalue weighted by Crippen LogP contribution is -2.30. The molecule has 3 N–H and O–H groups in total. The molecule has 17 nitrogen and oxygen atoms in total. The van der Waals surface area contributed by atoms with Gasteiger partial charge in [0.2, 0.25) is 0 Å². The zero-order chi connectivity index (χ0) is 73.2. The molecule has 0 aliphatic carbocycles. The first kappa shape index (κ1) is 96.5. The number of carbonyl (C=O) groups excluding carboxylic acids is 4. The molecule has 0 aliphatic rings. The van der Waals surface area contributed by atoms with E-state index in [0.717, 1.165) is 141 Å². The second-order valence-electron chi connectivity index (χ2n) is 27.0. The Morgan fingerprint density at radius 2 is 0.500 bits per heavy atom. The predicted octanol–water partition coefficient (Wildman–Crippen LogP) is 23.2. The van der Waals surface area contributed by atoms with Crippen LogP contribution in [0.25, 0.3) is 0 Å². The van der Waals surface area contributed by atoms with Crippen LogP contribution in [-0.2, 0) is 65.4 Å². The number of aliphatic hydroxyl groups is 1. The number of phosphoric acid groups is 2. The van der Waals surface area contributed by atoms with Gasteiger partial charge in [0.05, 0.1) is 26.4 Å². The van der Waals surface area contributed by atoms with Crippen LogP contribution in [0, 0.1) is 0 Å². The maximum atomic E-state index is 13.1.